The Labute approximate surface area is 151 Å². The fourth-order valence-electron chi connectivity index (χ4n) is 2.24. The van der Waals surface area contributed by atoms with Gasteiger partial charge >= 0.3 is 0 Å². The summed E-state index contributed by atoms with van der Waals surface area (Å²) < 4.78 is 38.4. The van der Waals surface area contributed by atoms with Gasteiger partial charge in [0.2, 0.25) is 0 Å². The Morgan fingerprint density at radius 1 is 1.23 bits per heavy atom. The molecule has 9 heteroatoms. The molecule has 0 aliphatic carbocycles. The number of nitrogens with one attached hydrogen (secondary N) is 1. The summed E-state index contributed by atoms with van der Waals surface area (Å²) in [6, 6.07) is 7.69. The highest BCUT2D eigenvalue weighted by atomic mass is 32.2. The molecule has 1 aromatic carbocycles. The zero-order valence-corrected chi connectivity index (χ0v) is 15.3. The molecule has 0 spiro atoms. The quantitative estimate of drug-likeness (QED) is 0.706. The van der Waals surface area contributed by atoms with Gasteiger partial charge in [0, 0.05) is 12.1 Å². The molecule has 2 heterocycles. The van der Waals surface area contributed by atoms with Crippen molar-refractivity contribution < 1.29 is 17.7 Å². The van der Waals surface area contributed by atoms with Gasteiger partial charge in [0.1, 0.15) is 5.75 Å². The highest BCUT2D eigenvalue weighted by Crippen LogP contribution is 2.32. The Balaban J connectivity index is 2.01. The van der Waals surface area contributed by atoms with Crippen LogP contribution in [0.5, 0.6) is 5.75 Å². The van der Waals surface area contributed by atoms with E-state index in [4.69, 9.17) is 9.26 Å². The first-order valence-corrected chi connectivity index (χ1v) is 9.34. The Bertz CT molecular complexity index is 1000. The van der Waals surface area contributed by atoms with Crippen LogP contribution in [0.25, 0.3) is 11.5 Å². The molecule has 2 aromatic heterocycles. The van der Waals surface area contributed by atoms with Crippen molar-refractivity contribution in [2.24, 2.45) is 0 Å². The van der Waals surface area contributed by atoms with Gasteiger partial charge in [-0.05, 0) is 30.3 Å². The fourth-order valence-corrected chi connectivity index (χ4v) is 3.31. The molecule has 3 rings (SSSR count). The van der Waals surface area contributed by atoms with E-state index in [-0.39, 0.29) is 16.7 Å². The highest BCUT2D eigenvalue weighted by molar-refractivity contribution is 7.92. The zero-order valence-electron chi connectivity index (χ0n) is 14.5. The molecule has 0 aliphatic heterocycles. The van der Waals surface area contributed by atoms with Crippen LogP contribution in [-0.4, -0.2) is 30.7 Å². The number of aromatic nitrogens is 3. The van der Waals surface area contributed by atoms with Crippen molar-refractivity contribution in [1.29, 1.82) is 0 Å². The SMILES string of the molecule is COc1ccc(S(=O)(=O)Nc2cccnc2)cc1-c1nc(C(C)C)no1. The summed E-state index contributed by atoms with van der Waals surface area (Å²) in [5.41, 5.74) is 0.769. The lowest BCUT2D eigenvalue weighted by Gasteiger charge is -2.10. The average molecular weight is 374 g/mol. The maximum Gasteiger partial charge on any atom is 0.261 e. The molecule has 3 aromatic rings. The van der Waals surface area contributed by atoms with Crippen LogP contribution in [0.15, 0.2) is 52.1 Å². The van der Waals surface area contributed by atoms with Gasteiger partial charge in [-0.15, -0.1) is 0 Å². The number of benzene rings is 1. The van der Waals surface area contributed by atoms with Crippen LogP contribution in [0.4, 0.5) is 5.69 Å². The predicted molar refractivity (Wildman–Crippen MR) is 95.4 cm³/mol. The number of pyridine rings is 1. The van der Waals surface area contributed by atoms with E-state index in [1.807, 2.05) is 13.8 Å². The van der Waals surface area contributed by atoms with Gasteiger partial charge < -0.3 is 9.26 Å². The number of methoxy groups -OCH3 is 1. The van der Waals surface area contributed by atoms with Crippen LogP contribution in [0.1, 0.15) is 25.6 Å². The van der Waals surface area contributed by atoms with E-state index in [1.54, 1.807) is 24.4 Å². The predicted octanol–water partition coefficient (Wildman–Crippen LogP) is 3.06. The van der Waals surface area contributed by atoms with E-state index in [9.17, 15) is 8.42 Å². The number of rotatable bonds is 6. The number of hydrogen-bond donors (Lipinski definition) is 1. The molecule has 26 heavy (non-hydrogen) atoms. The van der Waals surface area contributed by atoms with Crippen molar-refractivity contribution in [3.63, 3.8) is 0 Å². The fraction of sp³-hybridized carbons (Fsp3) is 0.235. The minimum atomic E-state index is -3.81. The molecule has 1 N–H and O–H groups in total. The normalized spacial score (nSPS) is 11.5. The van der Waals surface area contributed by atoms with E-state index in [0.717, 1.165) is 0 Å². The maximum atomic E-state index is 12.7. The van der Waals surface area contributed by atoms with E-state index in [2.05, 4.69) is 19.8 Å². The maximum absolute atomic E-state index is 12.7. The third-order valence-electron chi connectivity index (χ3n) is 3.58. The Morgan fingerprint density at radius 3 is 2.65 bits per heavy atom. The minimum Gasteiger partial charge on any atom is -0.496 e. The van der Waals surface area contributed by atoms with Crippen LogP contribution < -0.4 is 9.46 Å². The van der Waals surface area contributed by atoms with Crippen LogP contribution in [0.2, 0.25) is 0 Å². The van der Waals surface area contributed by atoms with Crippen molar-refractivity contribution in [3.05, 3.63) is 48.5 Å². The standard InChI is InChI=1S/C17H18N4O4S/c1-11(2)16-19-17(25-20-16)14-9-13(6-7-15(14)24-3)26(22,23)21-12-5-4-8-18-10-12/h4-11,21H,1-3H3. The topological polar surface area (TPSA) is 107 Å². The molecule has 0 atom stereocenters. The number of ether oxygens (including phenoxy) is 1. The number of nitrogens with zero attached hydrogens (tertiary/aromatic N) is 3. The molecule has 0 fully saturated rings. The van der Waals surface area contributed by atoms with E-state index in [0.29, 0.717) is 22.8 Å². The first-order chi connectivity index (χ1) is 12.4. The number of sulfonamides is 1. The van der Waals surface area contributed by atoms with Gasteiger partial charge in [-0.1, -0.05) is 19.0 Å². The molecule has 0 bridgehead atoms. The summed E-state index contributed by atoms with van der Waals surface area (Å²) in [5.74, 6) is 1.25. The molecular formula is C17H18N4O4S. The molecule has 8 nitrogen and oxygen atoms in total. The average Bonchev–Trinajstić information content (AvgIpc) is 3.12. The zero-order chi connectivity index (χ0) is 18.7. The van der Waals surface area contributed by atoms with Gasteiger partial charge in [0.25, 0.3) is 15.9 Å². The van der Waals surface area contributed by atoms with Crippen molar-refractivity contribution in [2.45, 2.75) is 24.7 Å². The Hall–Kier alpha value is -2.94. The first kappa shape index (κ1) is 17.9. The van der Waals surface area contributed by atoms with Crippen molar-refractivity contribution in [3.8, 4) is 17.2 Å². The number of anilines is 1. The van der Waals surface area contributed by atoms with Crippen LogP contribution in [-0.2, 0) is 10.0 Å². The smallest absolute Gasteiger partial charge is 0.261 e. The lowest BCUT2D eigenvalue weighted by molar-refractivity contribution is 0.401. The third kappa shape index (κ3) is 3.67. The third-order valence-corrected chi connectivity index (χ3v) is 4.96. The first-order valence-electron chi connectivity index (χ1n) is 7.85. The summed E-state index contributed by atoms with van der Waals surface area (Å²) in [6.07, 6.45) is 2.99. The van der Waals surface area contributed by atoms with Gasteiger partial charge in [0.05, 0.1) is 29.5 Å². The summed E-state index contributed by atoms with van der Waals surface area (Å²) in [5, 5.41) is 3.91. The summed E-state index contributed by atoms with van der Waals surface area (Å²) in [7, 11) is -2.33. The second-order valence-corrected chi connectivity index (χ2v) is 7.50. The van der Waals surface area contributed by atoms with E-state index in [1.165, 1.54) is 25.4 Å². The lowest BCUT2D eigenvalue weighted by Crippen LogP contribution is -2.13. The van der Waals surface area contributed by atoms with Crippen molar-refractivity contribution in [2.75, 3.05) is 11.8 Å². The highest BCUT2D eigenvalue weighted by Gasteiger charge is 2.21. The lowest BCUT2D eigenvalue weighted by atomic mass is 10.2. The molecule has 0 amide bonds. The molecular weight excluding hydrogens is 356 g/mol. The van der Waals surface area contributed by atoms with Gasteiger partial charge in [0.15, 0.2) is 5.82 Å². The summed E-state index contributed by atoms with van der Waals surface area (Å²) >= 11 is 0. The van der Waals surface area contributed by atoms with Gasteiger partial charge in [-0.3, -0.25) is 9.71 Å². The molecule has 0 radical (unpaired) electrons. The monoisotopic (exact) mass is 374 g/mol. The molecule has 0 aliphatic rings. The Morgan fingerprint density at radius 2 is 2.04 bits per heavy atom. The molecule has 0 saturated carbocycles. The van der Waals surface area contributed by atoms with Crippen LogP contribution in [0.3, 0.4) is 0 Å². The molecule has 0 unspecified atom stereocenters. The van der Waals surface area contributed by atoms with Gasteiger partial charge in [-0.25, -0.2) is 8.42 Å². The van der Waals surface area contributed by atoms with Crippen molar-refractivity contribution >= 4 is 15.7 Å². The second kappa shape index (κ2) is 7.12. The largest absolute Gasteiger partial charge is 0.496 e. The van der Waals surface area contributed by atoms with E-state index < -0.39 is 10.0 Å². The molecule has 0 saturated heterocycles. The van der Waals surface area contributed by atoms with Crippen LogP contribution >= 0.6 is 0 Å². The number of hydrogen-bond acceptors (Lipinski definition) is 7. The minimum absolute atomic E-state index is 0.0430. The van der Waals surface area contributed by atoms with Crippen LogP contribution in [0, 0.1) is 0 Å². The summed E-state index contributed by atoms with van der Waals surface area (Å²) in [4.78, 5) is 8.25. The Kier molecular flexibility index (Phi) is 4.90. The van der Waals surface area contributed by atoms with Crippen molar-refractivity contribution in [1.82, 2.24) is 15.1 Å². The van der Waals surface area contributed by atoms with Gasteiger partial charge in [-0.2, -0.15) is 4.98 Å². The molecule has 136 valence electrons. The second-order valence-electron chi connectivity index (χ2n) is 5.82. The van der Waals surface area contributed by atoms with E-state index >= 15 is 0 Å². The summed E-state index contributed by atoms with van der Waals surface area (Å²) in [6.45, 7) is 3.87.